The standard InChI is InChI=1S/C11H22N2O2S/c1-13-7-6-12-10(8-13)9-16(14,15)11-4-2-3-5-11/h10-12H,2-9H2,1H3. The molecule has 0 aromatic carbocycles. The minimum Gasteiger partial charge on any atom is -0.310 e. The van der Waals surface area contributed by atoms with Crippen molar-refractivity contribution in [3.05, 3.63) is 0 Å². The summed E-state index contributed by atoms with van der Waals surface area (Å²) in [6.07, 6.45) is 3.93. The highest BCUT2D eigenvalue weighted by molar-refractivity contribution is 7.92. The molecule has 0 aromatic rings. The Bertz CT molecular complexity index is 323. The van der Waals surface area contributed by atoms with Crippen LogP contribution in [0.3, 0.4) is 0 Å². The average molecular weight is 246 g/mol. The topological polar surface area (TPSA) is 49.4 Å². The Labute approximate surface area is 98.3 Å². The van der Waals surface area contributed by atoms with Crippen molar-refractivity contribution in [1.82, 2.24) is 10.2 Å². The lowest BCUT2D eigenvalue weighted by Crippen LogP contribution is -2.52. The maximum atomic E-state index is 12.1. The SMILES string of the molecule is CN1CCNC(CS(=O)(=O)C2CCCC2)C1. The predicted molar refractivity (Wildman–Crippen MR) is 65.3 cm³/mol. The van der Waals surface area contributed by atoms with E-state index in [0.717, 1.165) is 45.3 Å². The number of nitrogens with one attached hydrogen (secondary N) is 1. The lowest BCUT2D eigenvalue weighted by molar-refractivity contribution is 0.249. The van der Waals surface area contributed by atoms with Crippen molar-refractivity contribution < 1.29 is 8.42 Å². The summed E-state index contributed by atoms with van der Waals surface area (Å²) in [6, 6.07) is 0.129. The van der Waals surface area contributed by atoms with Crippen LogP contribution in [0, 0.1) is 0 Å². The highest BCUT2D eigenvalue weighted by Gasteiger charge is 2.31. The van der Waals surface area contributed by atoms with Gasteiger partial charge in [-0.3, -0.25) is 0 Å². The molecule has 2 aliphatic rings. The van der Waals surface area contributed by atoms with Crippen molar-refractivity contribution in [3.63, 3.8) is 0 Å². The first-order valence-corrected chi connectivity index (χ1v) is 7.93. The van der Waals surface area contributed by atoms with Crippen molar-refractivity contribution in [2.75, 3.05) is 32.4 Å². The van der Waals surface area contributed by atoms with Gasteiger partial charge in [0.1, 0.15) is 0 Å². The van der Waals surface area contributed by atoms with Gasteiger partial charge in [0.2, 0.25) is 0 Å². The summed E-state index contributed by atoms with van der Waals surface area (Å²) >= 11 is 0. The molecule has 0 aromatic heterocycles. The number of rotatable bonds is 3. The Morgan fingerprint density at radius 2 is 2.00 bits per heavy atom. The van der Waals surface area contributed by atoms with Crippen molar-refractivity contribution >= 4 is 9.84 Å². The van der Waals surface area contributed by atoms with Gasteiger partial charge < -0.3 is 10.2 Å². The molecule has 0 spiro atoms. The summed E-state index contributed by atoms with van der Waals surface area (Å²) in [4.78, 5) is 2.20. The zero-order chi connectivity index (χ0) is 11.6. The molecule has 0 amide bonds. The van der Waals surface area contributed by atoms with Crippen LogP contribution in [0.15, 0.2) is 0 Å². The normalized spacial score (nSPS) is 29.7. The summed E-state index contributed by atoms with van der Waals surface area (Å²) < 4.78 is 24.3. The lowest BCUT2D eigenvalue weighted by atomic mass is 10.2. The summed E-state index contributed by atoms with van der Waals surface area (Å²) in [5, 5.41) is 3.25. The number of piperazine rings is 1. The van der Waals surface area contributed by atoms with E-state index >= 15 is 0 Å². The molecule has 1 aliphatic carbocycles. The van der Waals surface area contributed by atoms with E-state index in [9.17, 15) is 8.42 Å². The highest BCUT2D eigenvalue weighted by atomic mass is 32.2. The lowest BCUT2D eigenvalue weighted by Gasteiger charge is -2.31. The molecule has 1 atom stereocenters. The number of hydrogen-bond donors (Lipinski definition) is 1. The van der Waals surface area contributed by atoms with Crippen LogP contribution in [-0.2, 0) is 9.84 Å². The Morgan fingerprint density at radius 1 is 1.31 bits per heavy atom. The van der Waals surface area contributed by atoms with Gasteiger partial charge >= 0.3 is 0 Å². The molecule has 1 N–H and O–H groups in total. The molecule has 4 nitrogen and oxygen atoms in total. The highest BCUT2D eigenvalue weighted by Crippen LogP contribution is 2.25. The second-order valence-electron chi connectivity index (χ2n) is 5.15. The third kappa shape index (κ3) is 2.96. The maximum Gasteiger partial charge on any atom is 0.154 e. The van der Waals surface area contributed by atoms with E-state index < -0.39 is 9.84 Å². The van der Waals surface area contributed by atoms with Crippen molar-refractivity contribution in [3.8, 4) is 0 Å². The van der Waals surface area contributed by atoms with E-state index in [1.807, 2.05) is 0 Å². The smallest absolute Gasteiger partial charge is 0.154 e. The first kappa shape index (κ1) is 12.3. The third-order valence-electron chi connectivity index (χ3n) is 3.70. The maximum absolute atomic E-state index is 12.1. The molecule has 0 radical (unpaired) electrons. The molecule has 5 heteroatoms. The van der Waals surface area contributed by atoms with Crippen LogP contribution in [0.1, 0.15) is 25.7 Å². The first-order valence-electron chi connectivity index (χ1n) is 6.21. The summed E-state index contributed by atoms with van der Waals surface area (Å²) in [5.74, 6) is 0.321. The quantitative estimate of drug-likeness (QED) is 0.775. The van der Waals surface area contributed by atoms with Gasteiger partial charge in [0.05, 0.1) is 11.0 Å². The van der Waals surface area contributed by atoms with Crippen LogP contribution in [0.5, 0.6) is 0 Å². The van der Waals surface area contributed by atoms with E-state index in [1.165, 1.54) is 0 Å². The van der Waals surface area contributed by atoms with Gasteiger partial charge in [-0.05, 0) is 19.9 Å². The summed E-state index contributed by atoms with van der Waals surface area (Å²) in [5.41, 5.74) is 0. The Kier molecular flexibility index (Phi) is 3.87. The Morgan fingerprint density at radius 3 is 2.62 bits per heavy atom. The van der Waals surface area contributed by atoms with E-state index in [4.69, 9.17) is 0 Å². The Balaban J connectivity index is 1.92. The van der Waals surface area contributed by atoms with Gasteiger partial charge in [-0.2, -0.15) is 0 Å². The van der Waals surface area contributed by atoms with Crippen molar-refractivity contribution in [1.29, 1.82) is 0 Å². The van der Waals surface area contributed by atoms with Gasteiger partial charge in [0, 0.05) is 25.7 Å². The van der Waals surface area contributed by atoms with E-state index in [-0.39, 0.29) is 11.3 Å². The predicted octanol–water partition coefficient (Wildman–Crippen LogP) is 0.247. The van der Waals surface area contributed by atoms with Gasteiger partial charge in [-0.1, -0.05) is 12.8 Å². The molecule has 2 rings (SSSR count). The number of sulfone groups is 1. The fourth-order valence-corrected chi connectivity index (χ4v) is 4.88. The molecule has 94 valence electrons. The molecule has 16 heavy (non-hydrogen) atoms. The van der Waals surface area contributed by atoms with Crippen LogP contribution in [0.4, 0.5) is 0 Å². The molecule has 1 saturated carbocycles. The molecule has 1 heterocycles. The van der Waals surface area contributed by atoms with E-state index in [0.29, 0.717) is 5.75 Å². The molecule has 2 fully saturated rings. The number of hydrogen-bond acceptors (Lipinski definition) is 4. The van der Waals surface area contributed by atoms with Gasteiger partial charge in [-0.25, -0.2) is 8.42 Å². The largest absolute Gasteiger partial charge is 0.310 e. The van der Waals surface area contributed by atoms with Crippen LogP contribution in [0.25, 0.3) is 0 Å². The summed E-state index contributed by atoms with van der Waals surface area (Å²) in [7, 11) is -0.821. The molecule has 0 bridgehead atoms. The van der Waals surface area contributed by atoms with E-state index in [1.54, 1.807) is 0 Å². The van der Waals surface area contributed by atoms with Crippen molar-refractivity contribution in [2.45, 2.75) is 37.0 Å². The van der Waals surface area contributed by atoms with Crippen LogP contribution < -0.4 is 5.32 Å². The Hall–Kier alpha value is -0.130. The van der Waals surface area contributed by atoms with Crippen LogP contribution in [0.2, 0.25) is 0 Å². The van der Waals surface area contributed by atoms with Crippen LogP contribution in [-0.4, -0.2) is 57.0 Å². The molecule has 1 unspecified atom stereocenters. The minimum atomic E-state index is -2.87. The van der Waals surface area contributed by atoms with Gasteiger partial charge in [-0.15, -0.1) is 0 Å². The fourth-order valence-electron chi connectivity index (χ4n) is 2.77. The van der Waals surface area contributed by atoms with Crippen molar-refractivity contribution in [2.24, 2.45) is 0 Å². The first-order chi connectivity index (χ1) is 7.58. The van der Waals surface area contributed by atoms with Gasteiger partial charge in [0.15, 0.2) is 9.84 Å². The summed E-state index contributed by atoms with van der Waals surface area (Å²) in [6.45, 7) is 2.77. The fraction of sp³-hybridized carbons (Fsp3) is 1.00. The van der Waals surface area contributed by atoms with E-state index in [2.05, 4.69) is 17.3 Å². The van der Waals surface area contributed by atoms with Crippen LogP contribution >= 0.6 is 0 Å². The zero-order valence-corrected chi connectivity index (χ0v) is 10.8. The number of nitrogens with zero attached hydrogens (tertiary/aromatic N) is 1. The molecule has 1 aliphatic heterocycles. The second kappa shape index (κ2) is 5.02. The van der Waals surface area contributed by atoms with Gasteiger partial charge in [0.25, 0.3) is 0 Å². The number of likely N-dealkylation sites (N-methyl/N-ethyl adjacent to an activating group) is 1. The average Bonchev–Trinajstić information content (AvgIpc) is 2.69. The zero-order valence-electron chi connectivity index (χ0n) is 9.98. The monoisotopic (exact) mass is 246 g/mol. The molecule has 1 saturated heterocycles. The molecular weight excluding hydrogens is 224 g/mol. The minimum absolute atomic E-state index is 0.0541. The third-order valence-corrected chi connectivity index (χ3v) is 6.06. The second-order valence-corrected chi connectivity index (χ2v) is 7.48. The molecular formula is C11H22N2O2S.